The number of hydrogen-bond donors (Lipinski definition) is 3. The Bertz CT molecular complexity index is 450. The number of nitrogen functional groups attached to an aromatic ring is 1. The van der Waals surface area contributed by atoms with E-state index in [0.717, 1.165) is 25.5 Å². The third-order valence-corrected chi connectivity index (χ3v) is 3.59. The van der Waals surface area contributed by atoms with Crippen LogP contribution in [-0.4, -0.2) is 5.11 Å². The van der Waals surface area contributed by atoms with Crippen molar-refractivity contribution in [1.82, 2.24) is 0 Å². The van der Waals surface area contributed by atoms with Crippen molar-refractivity contribution in [2.24, 2.45) is 0 Å². The molecule has 13 heavy (non-hydrogen) atoms. The third-order valence-electron chi connectivity index (χ3n) is 1.93. The Morgan fingerprint density at radius 3 is 2.92 bits per heavy atom. The summed E-state index contributed by atoms with van der Waals surface area (Å²) in [7, 11) is 0. The van der Waals surface area contributed by atoms with E-state index < -0.39 is 0 Å². The summed E-state index contributed by atoms with van der Waals surface area (Å²) < 4.78 is 1.05. The monoisotopic (exact) mass is 211 g/mol. The van der Waals surface area contributed by atoms with Crippen LogP contribution in [0.15, 0.2) is 23.1 Å². The van der Waals surface area contributed by atoms with Crippen LogP contribution in [0.5, 0.6) is 0 Å². The lowest BCUT2D eigenvalue weighted by atomic mass is 10.2. The second kappa shape index (κ2) is 3.21. The maximum absolute atomic E-state index is 9.01. The topological polar surface area (TPSA) is 46.2 Å². The molecule has 0 saturated heterocycles. The van der Waals surface area contributed by atoms with Crippen LogP contribution in [0.1, 0.15) is 5.56 Å². The lowest BCUT2D eigenvalue weighted by Gasteiger charge is -2.01. The van der Waals surface area contributed by atoms with Gasteiger partial charge in [-0.05, 0) is 17.0 Å². The summed E-state index contributed by atoms with van der Waals surface area (Å²) in [5.41, 5.74) is 6.52. The van der Waals surface area contributed by atoms with Gasteiger partial charge in [-0.25, -0.2) is 0 Å². The van der Waals surface area contributed by atoms with Gasteiger partial charge in [0.2, 0.25) is 0 Å². The van der Waals surface area contributed by atoms with E-state index >= 15 is 0 Å². The van der Waals surface area contributed by atoms with Crippen LogP contribution in [-0.2, 0) is 6.61 Å². The molecule has 0 atom stereocenters. The molecule has 1 heterocycles. The highest BCUT2D eigenvalue weighted by Crippen LogP contribution is 2.34. The Hall–Kier alpha value is -0.710. The van der Waals surface area contributed by atoms with Crippen LogP contribution in [0.3, 0.4) is 0 Å². The van der Waals surface area contributed by atoms with Crippen LogP contribution in [0.25, 0.3) is 10.1 Å². The van der Waals surface area contributed by atoms with Crippen molar-refractivity contribution in [2.45, 2.75) is 11.5 Å². The second-order valence-electron chi connectivity index (χ2n) is 2.80. The molecule has 0 saturated carbocycles. The molecule has 0 bridgehead atoms. The first-order valence-corrected chi connectivity index (χ1v) is 5.09. The number of rotatable bonds is 1. The summed E-state index contributed by atoms with van der Waals surface area (Å²) in [5, 5.41) is 10.9. The molecule has 2 nitrogen and oxygen atoms in total. The van der Waals surface area contributed by atoms with Gasteiger partial charge < -0.3 is 10.8 Å². The number of fused-ring (bicyclic) bond motifs is 1. The summed E-state index contributed by atoms with van der Waals surface area (Å²) in [6.45, 7) is 0.0204. The Kier molecular flexibility index (Phi) is 2.19. The average molecular weight is 211 g/mol. The Balaban J connectivity index is 2.78. The van der Waals surface area contributed by atoms with Crippen molar-refractivity contribution in [3.05, 3.63) is 23.8 Å². The van der Waals surface area contributed by atoms with Crippen molar-refractivity contribution < 1.29 is 5.11 Å². The number of nitrogens with two attached hydrogens (primary N) is 1. The van der Waals surface area contributed by atoms with Crippen LogP contribution in [0.2, 0.25) is 0 Å². The molecule has 0 aliphatic rings. The number of benzene rings is 1. The molecule has 4 heteroatoms. The van der Waals surface area contributed by atoms with Crippen molar-refractivity contribution in [2.75, 3.05) is 5.73 Å². The summed E-state index contributed by atoms with van der Waals surface area (Å²) in [5.74, 6) is 0. The molecule has 0 fully saturated rings. The standard InChI is InChI=1S/C9H9NOS2/c10-7-3-5-1-2-6(4-11)8(12)9(5)13-7/h1-3,11-12H,4,10H2. The molecular formula is C9H9NOS2. The predicted octanol–water partition coefficient (Wildman–Crippen LogP) is 2.26. The maximum Gasteiger partial charge on any atom is 0.0869 e. The van der Waals surface area contributed by atoms with Gasteiger partial charge in [0.05, 0.1) is 16.3 Å². The largest absolute Gasteiger partial charge is 0.392 e. The molecule has 0 aliphatic heterocycles. The molecular weight excluding hydrogens is 202 g/mol. The number of anilines is 1. The quantitative estimate of drug-likeness (QED) is 0.634. The van der Waals surface area contributed by atoms with Gasteiger partial charge in [0.1, 0.15) is 0 Å². The molecule has 68 valence electrons. The molecule has 2 rings (SSSR count). The van der Waals surface area contributed by atoms with E-state index in [1.54, 1.807) is 0 Å². The number of aliphatic hydroxyl groups excluding tert-OH is 1. The van der Waals surface area contributed by atoms with Gasteiger partial charge in [-0.1, -0.05) is 12.1 Å². The SMILES string of the molecule is Nc1cc2ccc(CO)c(S)c2s1. The van der Waals surface area contributed by atoms with Crippen LogP contribution < -0.4 is 5.73 Å². The third kappa shape index (κ3) is 1.41. The molecule has 0 aliphatic carbocycles. The van der Waals surface area contributed by atoms with Crippen LogP contribution in [0, 0.1) is 0 Å². The Labute approximate surface area is 85.4 Å². The zero-order chi connectivity index (χ0) is 9.42. The molecule has 0 amide bonds. The molecule has 0 radical (unpaired) electrons. The average Bonchev–Trinajstić information content (AvgIpc) is 2.47. The van der Waals surface area contributed by atoms with E-state index in [0.29, 0.717) is 0 Å². The zero-order valence-corrected chi connectivity index (χ0v) is 8.53. The minimum Gasteiger partial charge on any atom is -0.392 e. The Morgan fingerprint density at radius 1 is 1.46 bits per heavy atom. The van der Waals surface area contributed by atoms with Crippen molar-refractivity contribution >= 4 is 39.1 Å². The second-order valence-corrected chi connectivity index (χ2v) is 4.33. The van der Waals surface area contributed by atoms with E-state index in [2.05, 4.69) is 12.6 Å². The highest BCUT2D eigenvalue weighted by atomic mass is 32.1. The van der Waals surface area contributed by atoms with Crippen LogP contribution in [0.4, 0.5) is 5.00 Å². The molecule has 1 aromatic carbocycles. The molecule has 1 aromatic heterocycles. The van der Waals surface area contributed by atoms with Gasteiger partial charge in [0, 0.05) is 4.90 Å². The van der Waals surface area contributed by atoms with E-state index in [-0.39, 0.29) is 6.61 Å². The summed E-state index contributed by atoms with van der Waals surface area (Å²) in [6.07, 6.45) is 0. The lowest BCUT2D eigenvalue weighted by molar-refractivity contribution is 0.279. The van der Waals surface area contributed by atoms with Gasteiger partial charge in [0.15, 0.2) is 0 Å². The number of hydrogen-bond acceptors (Lipinski definition) is 4. The smallest absolute Gasteiger partial charge is 0.0869 e. The molecule has 0 spiro atoms. The summed E-state index contributed by atoms with van der Waals surface area (Å²) in [4.78, 5) is 0.835. The summed E-state index contributed by atoms with van der Waals surface area (Å²) in [6, 6.07) is 5.74. The first-order valence-electron chi connectivity index (χ1n) is 3.83. The van der Waals surface area contributed by atoms with Crippen molar-refractivity contribution in [3.8, 4) is 0 Å². The summed E-state index contributed by atoms with van der Waals surface area (Å²) >= 11 is 5.85. The lowest BCUT2D eigenvalue weighted by Crippen LogP contribution is -1.84. The van der Waals surface area contributed by atoms with Gasteiger partial charge in [-0.15, -0.1) is 24.0 Å². The maximum atomic E-state index is 9.01. The van der Waals surface area contributed by atoms with Crippen molar-refractivity contribution in [3.63, 3.8) is 0 Å². The number of thiophene rings is 1. The highest BCUT2D eigenvalue weighted by Gasteiger charge is 2.06. The van der Waals surface area contributed by atoms with E-state index in [9.17, 15) is 0 Å². The van der Waals surface area contributed by atoms with E-state index in [1.807, 2.05) is 18.2 Å². The van der Waals surface area contributed by atoms with Crippen LogP contribution >= 0.6 is 24.0 Å². The van der Waals surface area contributed by atoms with Gasteiger partial charge in [-0.3, -0.25) is 0 Å². The van der Waals surface area contributed by atoms with Crippen molar-refractivity contribution in [1.29, 1.82) is 0 Å². The van der Waals surface area contributed by atoms with E-state index in [1.165, 1.54) is 11.3 Å². The zero-order valence-electron chi connectivity index (χ0n) is 6.82. The number of aliphatic hydroxyl groups is 1. The highest BCUT2D eigenvalue weighted by molar-refractivity contribution is 7.80. The fourth-order valence-corrected chi connectivity index (χ4v) is 2.58. The number of thiol groups is 1. The minimum absolute atomic E-state index is 0.0204. The van der Waals surface area contributed by atoms with Gasteiger partial charge in [-0.2, -0.15) is 0 Å². The first kappa shape index (κ1) is 8.87. The predicted molar refractivity (Wildman–Crippen MR) is 59.4 cm³/mol. The molecule has 2 aromatic rings. The van der Waals surface area contributed by atoms with E-state index in [4.69, 9.17) is 10.8 Å². The fourth-order valence-electron chi connectivity index (χ4n) is 1.28. The minimum atomic E-state index is 0.0204. The van der Waals surface area contributed by atoms with Gasteiger partial charge in [0.25, 0.3) is 0 Å². The van der Waals surface area contributed by atoms with Gasteiger partial charge >= 0.3 is 0 Å². The first-order chi connectivity index (χ1) is 6.22. The normalized spacial score (nSPS) is 10.9. The molecule has 0 unspecified atom stereocenters. The Morgan fingerprint density at radius 2 is 2.23 bits per heavy atom. The molecule has 3 N–H and O–H groups in total. The fraction of sp³-hybridized carbons (Fsp3) is 0.111.